The molecule has 0 N–H and O–H groups in total. The van der Waals surface area contributed by atoms with Crippen molar-refractivity contribution in [2.24, 2.45) is 0 Å². The molecule has 0 radical (unpaired) electrons. The molecule has 1 aromatic rings. The topological polar surface area (TPSA) is 29.5 Å². The van der Waals surface area contributed by atoms with Gasteiger partial charge in [-0.15, -0.1) is 0 Å². The molecule has 1 aromatic carbocycles. The number of hydrogen-bond donors (Lipinski definition) is 0. The number of benzene rings is 1. The van der Waals surface area contributed by atoms with Crippen LogP contribution in [-0.4, -0.2) is 37.1 Å². The van der Waals surface area contributed by atoms with Crippen LogP contribution >= 0.6 is 0 Å². The first kappa shape index (κ1) is 13.3. The SMILES string of the molecule is COC(=O)C1=C(c2ccc(F)cc2)CC2CCC1N2C. The lowest BCUT2D eigenvalue weighted by atomic mass is 9.88. The van der Waals surface area contributed by atoms with E-state index in [2.05, 4.69) is 11.9 Å². The van der Waals surface area contributed by atoms with Crippen molar-refractivity contribution in [2.45, 2.75) is 31.3 Å². The molecule has 2 aliphatic rings. The number of methoxy groups -OCH3 is 1. The molecule has 2 bridgehead atoms. The number of carbonyl (C=O) groups is 1. The van der Waals surface area contributed by atoms with Gasteiger partial charge in [0.1, 0.15) is 5.82 Å². The van der Waals surface area contributed by atoms with Gasteiger partial charge in [0.05, 0.1) is 12.7 Å². The Morgan fingerprint density at radius 1 is 1.30 bits per heavy atom. The fourth-order valence-electron chi connectivity index (χ4n) is 3.45. The van der Waals surface area contributed by atoms with Gasteiger partial charge in [-0.05, 0) is 49.6 Å². The Bertz CT molecular complexity index is 564. The molecule has 20 heavy (non-hydrogen) atoms. The van der Waals surface area contributed by atoms with Crippen LogP contribution in [0.2, 0.25) is 0 Å². The Kier molecular flexibility index (Phi) is 3.34. The third-order valence-corrected chi connectivity index (χ3v) is 4.54. The van der Waals surface area contributed by atoms with Crippen molar-refractivity contribution in [1.29, 1.82) is 0 Å². The Morgan fingerprint density at radius 2 is 2.00 bits per heavy atom. The van der Waals surface area contributed by atoms with E-state index in [4.69, 9.17) is 4.74 Å². The number of hydrogen-bond acceptors (Lipinski definition) is 3. The van der Waals surface area contributed by atoms with E-state index in [1.807, 2.05) is 0 Å². The average molecular weight is 275 g/mol. The van der Waals surface area contributed by atoms with Gasteiger partial charge in [0, 0.05) is 12.1 Å². The maximum Gasteiger partial charge on any atom is 0.335 e. The highest BCUT2D eigenvalue weighted by molar-refractivity contribution is 5.99. The molecule has 3 rings (SSSR count). The molecule has 4 heteroatoms. The number of nitrogens with zero attached hydrogens (tertiary/aromatic N) is 1. The van der Waals surface area contributed by atoms with Crippen molar-refractivity contribution in [3.63, 3.8) is 0 Å². The van der Waals surface area contributed by atoms with Gasteiger partial charge in [-0.2, -0.15) is 0 Å². The standard InChI is InChI=1S/C16H18FNO2/c1-18-12-7-8-14(18)15(16(19)20-2)13(9-12)10-3-5-11(17)6-4-10/h3-6,12,14H,7-9H2,1-2H3. The molecule has 106 valence electrons. The molecule has 1 saturated heterocycles. The predicted molar refractivity (Wildman–Crippen MR) is 74.5 cm³/mol. The number of ether oxygens (including phenoxy) is 1. The number of halogens is 1. The van der Waals surface area contributed by atoms with Gasteiger partial charge >= 0.3 is 5.97 Å². The summed E-state index contributed by atoms with van der Waals surface area (Å²) in [6.45, 7) is 0. The van der Waals surface area contributed by atoms with Crippen molar-refractivity contribution in [1.82, 2.24) is 4.90 Å². The second kappa shape index (κ2) is 5.02. The normalized spacial score (nSPS) is 25.9. The van der Waals surface area contributed by atoms with Gasteiger partial charge in [-0.1, -0.05) is 12.1 Å². The van der Waals surface area contributed by atoms with E-state index in [1.165, 1.54) is 19.2 Å². The zero-order valence-corrected chi connectivity index (χ0v) is 11.7. The zero-order valence-electron chi connectivity index (χ0n) is 11.7. The van der Waals surface area contributed by atoms with E-state index < -0.39 is 0 Å². The highest BCUT2D eigenvalue weighted by atomic mass is 19.1. The second-order valence-corrected chi connectivity index (χ2v) is 5.51. The van der Waals surface area contributed by atoms with Gasteiger partial charge < -0.3 is 4.74 Å². The molecule has 1 fully saturated rings. The maximum atomic E-state index is 13.1. The number of carbonyl (C=O) groups excluding carboxylic acids is 1. The van der Waals surface area contributed by atoms with Crippen LogP contribution in [0.4, 0.5) is 4.39 Å². The molecule has 2 atom stereocenters. The van der Waals surface area contributed by atoms with Crippen molar-refractivity contribution in [3.05, 3.63) is 41.2 Å². The van der Waals surface area contributed by atoms with Gasteiger partial charge in [0.25, 0.3) is 0 Å². The lowest BCUT2D eigenvalue weighted by Gasteiger charge is -2.34. The first-order chi connectivity index (χ1) is 9.61. The second-order valence-electron chi connectivity index (χ2n) is 5.51. The van der Waals surface area contributed by atoms with E-state index >= 15 is 0 Å². The average Bonchev–Trinajstić information content (AvgIpc) is 2.70. The number of esters is 1. The van der Waals surface area contributed by atoms with Gasteiger partial charge in [0.15, 0.2) is 0 Å². The fourth-order valence-corrected chi connectivity index (χ4v) is 3.45. The van der Waals surface area contributed by atoms with E-state index in [1.54, 1.807) is 12.1 Å². The van der Waals surface area contributed by atoms with Crippen molar-refractivity contribution in [3.8, 4) is 0 Å². The molecule has 3 nitrogen and oxygen atoms in total. The summed E-state index contributed by atoms with van der Waals surface area (Å²) in [6, 6.07) is 6.97. The first-order valence-corrected chi connectivity index (χ1v) is 6.91. The van der Waals surface area contributed by atoms with Crippen LogP contribution in [0.5, 0.6) is 0 Å². The molecule has 0 saturated carbocycles. The molecular weight excluding hydrogens is 257 g/mol. The minimum Gasteiger partial charge on any atom is -0.466 e. The van der Waals surface area contributed by atoms with Crippen LogP contribution in [0.3, 0.4) is 0 Å². The summed E-state index contributed by atoms with van der Waals surface area (Å²) in [4.78, 5) is 14.4. The Balaban J connectivity index is 2.10. The minimum absolute atomic E-state index is 0.126. The molecule has 2 unspecified atom stereocenters. The summed E-state index contributed by atoms with van der Waals surface area (Å²) in [6.07, 6.45) is 2.89. The molecule has 0 aliphatic carbocycles. The van der Waals surface area contributed by atoms with Gasteiger partial charge in [-0.25, -0.2) is 9.18 Å². The van der Waals surface area contributed by atoms with Crippen LogP contribution < -0.4 is 0 Å². The van der Waals surface area contributed by atoms with Crippen LogP contribution in [0.15, 0.2) is 29.8 Å². The van der Waals surface area contributed by atoms with Crippen molar-refractivity contribution >= 4 is 11.5 Å². The smallest absolute Gasteiger partial charge is 0.335 e. The van der Waals surface area contributed by atoms with E-state index in [-0.39, 0.29) is 17.8 Å². The summed E-state index contributed by atoms with van der Waals surface area (Å²) >= 11 is 0. The Morgan fingerprint density at radius 3 is 2.65 bits per heavy atom. The predicted octanol–water partition coefficient (Wildman–Crippen LogP) is 2.62. The summed E-state index contributed by atoms with van der Waals surface area (Å²) in [5, 5.41) is 0. The van der Waals surface area contributed by atoms with Crippen LogP contribution in [0, 0.1) is 5.82 Å². The minimum atomic E-state index is -0.262. The molecule has 0 spiro atoms. The Hall–Kier alpha value is -1.68. The van der Waals surface area contributed by atoms with Gasteiger partial charge in [-0.3, -0.25) is 4.90 Å². The quantitative estimate of drug-likeness (QED) is 0.777. The highest BCUT2D eigenvalue weighted by Crippen LogP contribution is 2.42. The molecule has 2 aliphatic heterocycles. The summed E-state index contributed by atoms with van der Waals surface area (Å²) in [5.41, 5.74) is 2.69. The van der Waals surface area contributed by atoms with E-state index in [0.717, 1.165) is 36.0 Å². The van der Waals surface area contributed by atoms with E-state index in [9.17, 15) is 9.18 Å². The van der Waals surface area contributed by atoms with E-state index in [0.29, 0.717) is 6.04 Å². The van der Waals surface area contributed by atoms with Crippen LogP contribution in [-0.2, 0) is 9.53 Å². The maximum absolute atomic E-state index is 13.1. The van der Waals surface area contributed by atoms with Crippen LogP contribution in [0.1, 0.15) is 24.8 Å². The monoisotopic (exact) mass is 275 g/mol. The van der Waals surface area contributed by atoms with Crippen molar-refractivity contribution in [2.75, 3.05) is 14.2 Å². The number of rotatable bonds is 2. The molecular formula is C16H18FNO2. The zero-order chi connectivity index (χ0) is 14.3. The lowest BCUT2D eigenvalue weighted by Crippen LogP contribution is -2.40. The third kappa shape index (κ3) is 2.04. The lowest BCUT2D eigenvalue weighted by molar-refractivity contribution is -0.136. The largest absolute Gasteiger partial charge is 0.466 e. The summed E-state index contributed by atoms with van der Waals surface area (Å²) in [5.74, 6) is -0.522. The fraction of sp³-hybridized carbons (Fsp3) is 0.438. The summed E-state index contributed by atoms with van der Waals surface area (Å²) < 4.78 is 18.1. The third-order valence-electron chi connectivity index (χ3n) is 4.54. The number of likely N-dealkylation sites (N-methyl/N-ethyl adjacent to an activating group) is 1. The molecule has 0 aromatic heterocycles. The summed E-state index contributed by atoms with van der Waals surface area (Å²) in [7, 11) is 3.48. The number of fused-ring (bicyclic) bond motifs is 2. The Labute approximate surface area is 118 Å². The molecule has 0 amide bonds. The van der Waals surface area contributed by atoms with Crippen molar-refractivity contribution < 1.29 is 13.9 Å². The first-order valence-electron chi connectivity index (χ1n) is 6.91. The highest BCUT2D eigenvalue weighted by Gasteiger charge is 2.42. The molecule has 2 heterocycles. The van der Waals surface area contributed by atoms with Gasteiger partial charge in [0.2, 0.25) is 0 Å². The van der Waals surface area contributed by atoms with Crippen LogP contribution in [0.25, 0.3) is 5.57 Å².